The Kier molecular flexibility index (Phi) is 7.10. The van der Waals surface area contributed by atoms with E-state index < -0.39 is 17.1 Å². The van der Waals surface area contributed by atoms with Gasteiger partial charge in [-0.1, -0.05) is 95.4 Å². The minimum Gasteiger partial charge on any atom is -0.496 e. The van der Waals surface area contributed by atoms with Crippen LogP contribution in [0, 0.1) is 12.8 Å². The number of aromatic nitrogens is 1. The third-order valence-electron chi connectivity index (χ3n) is 8.18. The number of aryl methyl sites for hydroxylation is 1. The summed E-state index contributed by atoms with van der Waals surface area (Å²) in [4.78, 5) is 56.6. The van der Waals surface area contributed by atoms with Gasteiger partial charge in [-0.3, -0.25) is 23.7 Å². The average Bonchev–Trinajstić information content (AvgIpc) is 3.48. The first kappa shape index (κ1) is 28.1. The van der Waals surface area contributed by atoms with E-state index in [2.05, 4.69) is 5.32 Å². The molecule has 0 bridgehead atoms. The third-order valence-corrected chi connectivity index (χ3v) is 10.8. The van der Waals surface area contributed by atoms with Gasteiger partial charge in [0.2, 0.25) is 17.7 Å². The number of rotatable bonds is 6. The van der Waals surface area contributed by atoms with E-state index in [9.17, 15) is 19.2 Å². The van der Waals surface area contributed by atoms with Crippen molar-refractivity contribution in [1.29, 1.82) is 0 Å². The van der Waals surface area contributed by atoms with Gasteiger partial charge in [0.15, 0.2) is 0 Å². The standard InChI is InChI=1S/C34H27N3O5S2/c1-19-14-16-21(17-15-19)37-31(39)28-27(23-11-5-6-13-25(23)42-2)30-33(43-29(28)32(37)40)36(34(41)44-30)18-26(38)35-24-12-7-9-20-8-3-4-10-22(20)24/h3-17,27-29H,18H2,1-2H3,(H,35,38). The van der Waals surface area contributed by atoms with Gasteiger partial charge < -0.3 is 10.1 Å². The quantitative estimate of drug-likeness (QED) is 0.240. The summed E-state index contributed by atoms with van der Waals surface area (Å²) < 4.78 is 7.12. The molecule has 8 nitrogen and oxygen atoms in total. The van der Waals surface area contributed by atoms with Crippen LogP contribution in [0.15, 0.2) is 101 Å². The highest BCUT2D eigenvalue weighted by molar-refractivity contribution is 8.00. The van der Waals surface area contributed by atoms with E-state index in [-0.39, 0.29) is 29.1 Å². The summed E-state index contributed by atoms with van der Waals surface area (Å²) in [7, 11) is 1.56. The number of carbonyl (C=O) groups is 3. The van der Waals surface area contributed by atoms with Crippen molar-refractivity contribution in [3.8, 4) is 5.75 Å². The Labute approximate surface area is 261 Å². The number of carbonyl (C=O) groups excluding carboxylic acids is 3. The van der Waals surface area contributed by atoms with E-state index in [4.69, 9.17) is 4.74 Å². The fraction of sp³-hybridized carbons (Fsp3) is 0.176. The number of thiazole rings is 1. The van der Waals surface area contributed by atoms with Crippen molar-refractivity contribution in [3.05, 3.63) is 117 Å². The maximum Gasteiger partial charge on any atom is 0.308 e. The fourth-order valence-electron chi connectivity index (χ4n) is 6.13. The van der Waals surface area contributed by atoms with Crippen LogP contribution in [0.5, 0.6) is 5.75 Å². The highest BCUT2D eigenvalue weighted by Crippen LogP contribution is 2.55. The molecule has 10 heteroatoms. The molecule has 7 rings (SSSR count). The van der Waals surface area contributed by atoms with Crippen LogP contribution in [0.25, 0.3) is 10.8 Å². The van der Waals surface area contributed by atoms with Crippen molar-refractivity contribution in [3.63, 3.8) is 0 Å². The first-order chi connectivity index (χ1) is 21.4. The van der Waals surface area contributed by atoms with Gasteiger partial charge in [-0.15, -0.1) is 0 Å². The summed E-state index contributed by atoms with van der Waals surface area (Å²) in [5, 5.41) is 4.58. The number of amides is 3. The Balaban J connectivity index is 1.30. The Hall–Kier alpha value is -4.67. The van der Waals surface area contributed by atoms with Crippen LogP contribution in [0.2, 0.25) is 0 Å². The monoisotopic (exact) mass is 621 g/mol. The number of anilines is 2. The number of para-hydroxylation sites is 1. The minimum atomic E-state index is -0.785. The maximum absolute atomic E-state index is 14.1. The van der Waals surface area contributed by atoms with Crippen LogP contribution >= 0.6 is 23.1 Å². The summed E-state index contributed by atoms with van der Waals surface area (Å²) in [6.07, 6.45) is 0. The lowest BCUT2D eigenvalue weighted by atomic mass is 9.82. The van der Waals surface area contributed by atoms with Crippen molar-refractivity contribution in [1.82, 2.24) is 4.57 Å². The zero-order chi connectivity index (χ0) is 30.5. The van der Waals surface area contributed by atoms with E-state index in [0.29, 0.717) is 32.6 Å². The number of imide groups is 1. The van der Waals surface area contributed by atoms with E-state index in [0.717, 1.165) is 27.7 Å². The maximum atomic E-state index is 14.1. The molecule has 3 atom stereocenters. The van der Waals surface area contributed by atoms with Crippen LogP contribution in [0.4, 0.5) is 11.4 Å². The number of hydrogen-bond donors (Lipinski definition) is 1. The Morgan fingerprint density at radius 1 is 0.886 bits per heavy atom. The number of hydrogen-bond acceptors (Lipinski definition) is 7. The number of nitrogens with zero attached hydrogens (tertiary/aromatic N) is 2. The lowest BCUT2D eigenvalue weighted by Gasteiger charge is -2.31. The molecular formula is C34H27N3O5S2. The molecule has 0 spiro atoms. The van der Waals surface area contributed by atoms with Gasteiger partial charge >= 0.3 is 4.87 Å². The van der Waals surface area contributed by atoms with Gasteiger partial charge in [0, 0.05) is 27.4 Å². The van der Waals surface area contributed by atoms with E-state index >= 15 is 0 Å². The predicted molar refractivity (Wildman–Crippen MR) is 173 cm³/mol. The van der Waals surface area contributed by atoms with Crippen LogP contribution in [0.1, 0.15) is 21.9 Å². The molecule has 5 aromatic rings. The van der Waals surface area contributed by atoms with E-state index in [1.54, 1.807) is 19.2 Å². The molecule has 2 aliphatic heterocycles. The molecule has 4 aromatic carbocycles. The molecular weight excluding hydrogens is 595 g/mol. The smallest absolute Gasteiger partial charge is 0.308 e. The van der Waals surface area contributed by atoms with Crippen molar-refractivity contribution in [2.45, 2.75) is 29.7 Å². The van der Waals surface area contributed by atoms with Crippen LogP contribution in [-0.2, 0) is 20.9 Å². The first-order valence-corrected chi connectivity index (χ1v) is 15.8. The van der Waals surface area contributed by atoms with E-state index in [1.807, 2.05) is 85.8 Å². The van der Waals surface area contributed by atoms with Crippen LogP contribution in [0.3, 0.4) is 0 Å². The van der Waals surface area contributed by atoms with Gasteiger partial charge in [0.1, 0.15) is 17.5 Å². The van der Waals surface area contributed by atoms with Crippen LogP contribution < -0.4 is 19.8 Å². The number of benzene rings is 4. The molecule has 3 unspecified atom stereocenters. The second-order valence-electron chi connectivity index (χ2n) is 10.8. The number of fused-ring (bicyclic) bond motifs is 3. The average molecular weight is 622 g/mol. The van der Waals surface area contributed by atoms with Crippen molar-refractivity contribution < 1.29 is 19.1 Å². The second-order valence-corrected chi connectivity index (χ2v) is 13.0. The number of thioether (sulfide) groups is 1. The lowest BCUT2D eigenvalue weighted by molar-refractivity contribution is -0.122. The summed E-state index contributed by atoms with van der Waals surface area (Å²) in [6.45, 7) is 1.71. The Morgan fingerprint density at radius 3 is 2.41 bits per heavy atom. The summed E-state index contributed by atoms with van der Waals surface area (Å²) >= 11 is 2.20. The van der Waals surface area contributed by atoms with Gasteiger partial charge in [0.25, 0.3) is 0 Å². The molecule has 220 valence electrons. The predicted octanol–water partition coefficient (Wildman–Crippen LogP) is 5.81. The molecule has 2 aliphatic rings. The summed E-state index contributed by atoms with van der Waals surface area (Å²) in [5.41, 5.74) is 2.89. The molecule has 44 heavy (non-hydrogen) atoms. The molecule has 0 saturated carbocycles. The zero-order valence-corrected chi connectivity index (χ0v) is 25.5. The molecule has 3 heterocycles. The first-order valence-electron chi connectivity index (χ1n) is 14.1. The van der Waals surface area contributed by atoms with Crippen molar-refractivity contribution in [2.24, 2.45) is 5.92 Å². The molecule has 1 aromatic heterocycles. The van der Waals surface area contributed by atoms with Crippen molar-refractivity contribution in [2.75, 3.05) is 17.3 Å². The molecule has 1 N–H and O–H groups in total. The highest BCUT2D eigenvalue weighted by Gasteiger charge is 2.57. The SMILES string of the molecule is COc1ccccc1C1c2sc(=O)n(CC(=O)Nc3cccc4ccccc34)c2SC2C(=O)N(c3ccc(C)cc3)C(=O)C21. The number of ether oxygens (including phenoxy) is 1. The highest BCUT2D eigenvalue weighted by atomic mass is 32.2. The molecule has 3 amide bonds. The van der Waals surface area contributed by atoms with Crippen molar-refractivity contribution >= 4 is 63.0 Å². The summed E-state index contributed by atoms with van der Waals surface area (Å²) in [5.74, 6) is -1.84. The molecule has 1 fully saturated rings. The Bertz CT molecular complexity index is 2010. The van der Waals surface area contributed by atoms with Gasteiger partial charge in [-0.05, 0) is 36.6 Å². The van der Waals surface area contributed by atoms with E-state index in [1.165, 1.54) is 21.2 Å². The number of methoxy groups -OCH3 is 1. The molecule has 0 aliphatic carbocycles. The van der Waals surface area contributed by atoms with Gasteiger partial charge in [0.05, 0.1) is 23.7 Å². The normalized spacial score (nSPS) is 19.1. The molecule has 0 radical (unpaired) electrons. The Morgan fingerprint density at radius 2 is 1.61 bits per heavy atom. The molecule has 1 saturated heterocycles. The van der Waals surface area contributed by atoms with Gasteiger partial charge in [-0.2, -0.15) is 0 Å². The fourth-order valence-corrected chi connectivity index (χ4v) is 8.89. The van der Waals surface area contributed by atoms with Gasteiger partial charge in [-0.25, -0.2) is 4.90 Å². The van der Waals surface area contributed by atoms with Crippen LogP contribution in [-0.4, -0.2) is 34.6 Å². The topological polar surface area (TPSA) is 97.7 Å². The minimum absolute atomic E-state index is 0.235. The second kappa shape index (κ2) is 11.1. The summed E-state index contributed by atoms with van der Waals surface area (Å²) in [6, 6.07) is 28.0. The number of nitrogens with one attached hydrogen (secondary N) is 1. The lowest BCUT2D eigenvalue weighted by Crippen LogP contribution is -2.33. The third kappa shape index (κ3) is 4.61. The zero-order valence-electron chi connectivity index (χ0n) is 23.9. The largest absolute Gasteiger partial charge is 0.496 e.